The highest BCUT2D eigenvalue weighted by molar-refractivity contribution is 5.88. The highest BCUT2D eigenvalue weighted by Crippen LogP contribution is 2.31. The van der Waals surface area contributed by atoms with Gasteiger partial charge in [-0.3, -0.25) is 4.79 Å². The largest absolute Gasteiger partial charge is 0.479 e. The summed E-state index contributed by atoms with van der Waals surface area (Å²) in [6.07, 6.45) is -0.0964. The zero-order chi connectivity index (χ0) is 10.8. The molecule has 0 saturated heterocycles. The Kier molecular flexibility index (Phi) is 3.07. The first-order valence-electron chi connectivity index (χ1n) is 4.44. The summed E-state index contributed by atoms with van der Waals surface area (Å²) in [6, 6.07) is 0. The zero-order valence-electron chi connectivity index (χ0n) is 7.69. The number of nitrogens with one attached hydrogen (secondary N) is 1. The predicted octanol–water partition coefficient (Wildman–Crippen LogP) is -1.57. The number of carboxylic acid groups (broad SMARTS) is 1. The van der Waals surface area contributed by atoms with Crippen LogP contribution in [-0.2, 0) is 9.59 Å². The lowest BCUT2D eigenvalue weighted by atomic mass is 10.2. The van der Waals surface area contributed by atoms with Crippen molar-refractivity contribution in [3.05, 3.63) is 0 Å². The van der Waals surface area contributed by atoms with Crippen LogP contribution in [0.25, 0.3) is 0 Å². The summed E-state index contributed by atoms with van der Waals surface area (Å²) in [7, 11) is 0. The van der Waals surface area contributed by atoms with Crippen molar-refractivity contribution in [2.24, 2.45) is 5.73 Å². The molecule has 1 atom stereocenters. The Balaban J connectivity index is 2.15. The summed E-state index contributed by atoms with van der Waals surface area (Å²) in [6.45, 7) is 0.130. The van der Waals surface area contributed by atoms with Gasteiger partial charge in [-0.2, -0.15) is 0 Å². The molecule has 1 rings (SSSR count). The van der Waals surface area contributed by atoms with Crippen LogP contribution in [0.1, 0.15) is 19.3 Å². The average Bonchev–Trinajstić information content (AvgIpc) is 2.84. The Labute approximate surface area is 81.1 Å². The fraction of sp³-hybridized carbons (Fsp3) is 0.750. The Morgan fingerprint density at radius 1 is 1.50 bits per heavy atom. The van der Waals surface area contributed by atoms with Crippen molar-refractivity contribution in [1.82, 2.24) is 5.32 Å². The fourth-order valence-corrected chi connectivity index (χ4v) is 0.984. The molecule has 6 nitrogen and oxygen atoms in total. The second kappa shape index (κ2) is 3.93. The minimum absolute atomic E-state index is 0.00282. The molecule has 6 heteroatoms. The second-order valence-corrected chi connectivity index (χ2v) is 3.55. The molecule has 0 radical (unpaired) electrons. The molecule has 0 aromatic rings. The monoisotopic (exact) mass is 202 g/mol. The highest BCUT2D eigenvalue weighted by atomic mass is 16.4. The molecule has 1 unspecified atom stereocenters. The third-order valence-corrected chi connectivity index (χ3v) is 2.23. The number of hydrogen-bond donors (Lipinski definition) is 4. The summed E-state index contributed by atoms with van der Waals surface area (Å²) in [4.78, 5) is 21.4. The Bertz CT molecular complexity index is 250. The molecule has 1 saturated carbocycles. The average molecular weight is 202 g/mol. The lowest BCUT2D eigenvalue weighted by Gasteiger charge is -2.10. The van der Waals surface area contributed by atoms with Crippen LogP contribution in [-0.4, -0.2) is 40.3 Å². The Morgan fingerprint density at radius 2 is 2.07 bits per heavy atom. The van der Waals surface area contributed by atoms with E-state index in [0.717, 1.165) is 0 Å². The molecule has 0 aromatic heterocycles. The van der Waals surface area contributed by atoms with Crippen molar-refractivity contribution >= 4 is 11.9 Å². The molecule has 0 aliphatic heterocycles. The SMILES string of the molecule is NC1(C(=O)NCCC(O)C(=O)O)CC1. The van der Waals surface area contributed by atoms with Gasteiger partial charge in [0.2, 0.25) is 5.91 Å². The van der Waals surface area contributed by atoms with Crippen molar-refractivity contribution in [1.29, 1.82) is 0 Å². The molecule has 80 valence electrons. The number of aliphatic hydroxyl groups excluding tert-OH is 1. The van der Waals surface area contributed by atoms with Crippen LogP contribution >= 0.6 is 0 Å². The van der Waals surface area contributed by atoms with Crippen molar-refractivity contribution in [3.8, 4) is 0 Å². The van der Waals surface area contributed by atoms with Gasteiger partial charge in [0.15, 0.2) is 6.10 Å². The summed E-state index contributed by atoms with van der Waals surface area (Å²) >= 11 is 0. The first kappa shape index (κ1) is 10.9. The van der Waals surface area contributed by atoms with E-state index in [1.807, 2.05) is 0 Å². The Morgan fingerprint density at radius 3 is 2.50 bits per heavy atom. The molecular weight excluding hydrogens is 188 g/mol. The molecule has 14 heavy (non-hydrogen) atoms. The minimum Gasteiger partial charge on any atom is -0.479 e. The van der Waals surface area contributed by atoms with Gasteiger partial charge in [0.25, 0.3) is 0 Å². The number of carbonyl (C=O) groups is 2. The molecular formula is C8H14N2O4. The number of carboxylic acids is 1. The third-order valence-electron chi connectivity index (χ3n) is 2.23. The smallest absolute Gasteiger partial charge is 0.332 e. The molecule has 0 heterocycles. The van der Waals surface area contributed by atoms with Crippen LogP contribution in [0, 0.1) is 0 Å². The van der Waals surface area contributed by atoms with E-state index in [1.165, 1.54) is 0 Å². The summed E-state index contributed by atoms with van der Waals surface area (Å²) in [5.74, 6) is -1.55. The van der Waals surface area contributed by atoms with E-state index < -0.39 is 17.6 Å². The van der Waals surface area contributed by atoms with Crippen LogP contribution in [0.15, 0.2) is 0 Å². The van der Waals surface area contributed by atoms with E-state index in [-0.39, 0.29) is 18.9 Å². The van der Waals surface area contributed by atoms with E-state index in [2.05, 4.69) is 5.32 Å². The number of aliphatic carboxylic acids is 1. The van der Waals surface area contributed by atoms with Crippen LogP contribution in [0.2, 0.25) is 0 Å². The maximum absolute atomic E-state index is 11.2. The minimum atomic E-state index is -1.43. The number of carbonyl (C=O) groups excluding carboxylic acids is 1. The molecule has 0 aromatic carbocycles. The van der Waals surface area contributed by atoms with E-state index >= 15 is 0 Å². The molecule has 1 amide bonds. The van der Waals surface area contributed by atoms with Crippen molar-refractivity contribution in [2.75, 3.05) is 6.54 Å². The van der Waals surface area contributed by atoms with Crippen LogP contribution in [0.4, 0.5) is 0 Å². The van der Waals surface area contributed by atoms with E-state index in [9.17, 15) is 9.59 Å². The number of rotatable bonds is 5. The van der Waals surface area contributed by atoms with Gasteiger partial charge >= 0.3 is 5.97 Å². The zero-order valence-corrected chi connectivity index (χ0v) is 7.69. The van der Waals surface area contributed by atoms with Gasteiger partial charge in [-0.25, -0.2) is 4.79 Å². The fourth-order valence-electron chi connectivity index (χ4n) is 0.984. The third kappa shape index (κ3) is 2.68. The van der Waals surface area contributed by atoms with Gasteiger partial charge in [0, 0.05) is 13.0 Å². The van der Waals surface area contributed by atoms with Gasteiger partial charge in [-0.15, -0.1) is 0 Å². The van der Waals surface area contributed by atoms with E-state index in [1.54, 1.807) is 0 Å². The van der Waals surface area contributed by atoms with Crippen LogP contribution < -0.4 is 11.1 Å². The lowest BCUT2D eigenvalue weighted by molar-refractivity contribution is -0.147. The van der Waals surface area contributed by atoms with Gasteiger partial charge in [0.1, 0.15) is 0 Å². The molecule has 5 N–H and O–H groups in total. The number of hydrogen-bond acceptors (Lipinski definition) is 4. The van der Waals surface area contributed by atoms with E-state index in [0.29, 0.717) is 12.8 Å². The van der Waals surface area contributed by atoms with Gasteiger partial charge in [-0.05, 0) is 12.8 Å². The lowest BCUT2D eigenvalue weighted by Crippen LogP contribution is -2.43. The van der Waals surface area contributed by atoms with Crippen molar-refractivity contribution < 1.29 is 19.8 Å². The molecule has 1 aliphatic carbocycles. The number of nitrogens with two attached hydrogens (primary N) is 1. The molecule has 0 bridgehead atoms. The normalized spacial score (nSPS) is 19.9. The quantitative estimate of drug-likeness (QED) is 0.430. The maximum atomic E-state index is 11.2. The molecule has 1 aliphatic rings. The summed E-state index contributed by atoms with van der Waals surface area (Å²) in [5.41, 5.74) is 4.83. The molecule has 0 spiro atoms. The van der Waals surface area contributed by atoms with Crippen molar-refractivity contribution in [2.45, 2.75) is 30.9 Å². The maximum Gasteiger partial charge on any atom is 0.332 e. The van der Waals surface area contributed by atoms with Gasteiger partial charge in [0.05, 0.1) is 5.54 Å². The summed E-state index contributed by atoms with van der Waals surface area (Å²) < 4.78 is 0. The summed E-state index contributed by atoms with van der Waals surface area (Å²) in [5, 5.41) is 19.7. The van der Waals surface area contributed by atoms with Crippen LogP contribution in [0.5, 0.6) is 0 Å². The van der Waals surface area contributed by atoms with Crippen LogP contribution in [0.3, 0.4) is 0 Å². The second-order valence-electron chi connectivity index (χ2n) is 3.55. The first-order chi connectivity index (χ1) is 6.46. The van der Waals surface area contributed by atoms with Crippen molar-refractivity contribution in [3.63, 3.8) is 0 Å². The Hall–Kier alpha value is -1.14. The predicted molar refractivity (Wildman–Crippen MR) is 47.4 cm³/mol. The topological polar surface area (TPSA) is 113 Å². The standard InChI is InChI=1S/C8H14N2O4/c9-8(2-3-8)7(14)10-4-1-5(11)6(12)13/h5,11H,1-4,9H2,(H,10,14)(H,12,13). The molecule has 1 fully saturated rings. The number of aliphatic hydroxyl groups is 1. The highest BCUT2D eigenvalue weighted by Gasteiger charge is 2.45. The van der Waals surface area contributed by atoms with E-state index in [4.69, 9.17) is 15.9 Å². The van der Waals surface area contributed by atoms with Gasteiger partial charge < -0.3 is 21.3 Å². The number of amides is 1. The van der Waals surface area contributed by atoms with Gasteiger partial charge in [-0.1, -0.05) is 0 Å². The first-order valence-corrected chi connectivity index (χ1v) is 4.44.